The molecule has 0 aromatic heterocycles. The maximum absolute atomic E-state index is 3.38. The van der Waals surface area contributed by atoms with Crippen molar-refractivity contribution in [2.75, 3.05) is 26.7 Å². The van der Waals surface area contributed by atoms with E-state index in [0.717, 1.165) is 13.1 Å². The summed E-state index contributed by atoms with van der Waals surface area (Å²) < 4.78 is 0. The summed E-state index contributed by atoms with van der Waals surface area (Å²) in [6.07, 6.45) is 2.65. The van der Waals surface area contributed by atoms with Crippen LogP contribution in [-0.4, -0.2) is 37.1 Å². The smallest absolute Gasteiger partial charge is 0.0177 e. The van der Waals surface area contributed by atoms with E-state index in [0.29, 0.717) is 5.54 Å². The fourth-order valence-electron chi connectivity index (χ4n) is 3.36. The molecule has 0 radical (unpaired) electrons. The van der Waals surface area contributed by atoms with Crippen molar-refractivity contribution in [3.05, 3.63) is 35.9 Å². The first kappa shape index (κ1) is 14.5. The molecule has 0 spiro atoms. The van der Waals surface area contributed by atoms with Crippen LogP contribution in [0.3, 0.4) is 0 Å². The number of likely N-dealkylation sites (tertiary alicyclic amines) is 1. The minimum absolute atomic E-state index is 0.178. The summed E-state index contributed by atoms with van der Waals surface area (Å²) in [5.41, 5.74) is 1.97. The Morgan fingerprint density at radius 3 is 2.47 bits per heavy atom. The lowest BCUT2D eigenvalue weighted by molar-refractivity contribution is 0.137. The minimum atomic E-state index is 0.178. The Morgan fingerprint density at radius 2 is 1.95 bits per heavy atom. The molecule has 1 saturated heterocycles. The zero-order valence-corrected chi connectivity index (χ0v) is 12.9. The lowest BCUT2D eigenvalue weighted by atomic mass is 9.81. The van der Waals surface area contributed by atoms with Gasteiger partial charge in [0.05, 0.1) is 0 Å². The molecule has 1 N–H and O–H groups in total. The maximum atomic E-state index is 3.38. The molecule has 106 valence electrons. The van der Waals surface area contributed by atoms with Gasteiger partial charge in [-0.15, -0.1) is 0 Å². The second-order valence-electron chi connectivity index (χ2n) is 6.79. The Labute approximate surface area is 118 Å². The molecule has 19 heavy (non-hydrogen) atoms. The standard InChI is InChI=1S/C17H28N2/c1-16(2)11-8-12-19(16)14-17(3,13-18-4)15-9-6-5-7-10-15/h5-7,9-10,18H,8,11-14H2,1-4H3. The average Bonchev–Trinajstić information content (AvgIpc) is 2.70. The van der Waals surface area contributed by atoms with E-state index in [2.05, 4.69) is 68.4 Å². The van der Waals surface area contributed by atoms with Crippen LogP contribution in [0, 0.1) is 0 Å². The summed E-state index contributed by atoms with van der Waals surface area (Å²) in [5.74, 6) is 0. The molecule has 1 atom stereocenters. The lowest BCUT2D eigenvalue weighted by Crippen LogP contribution is -2.49. The minimum Gasteiger partial charge on any atom is -0.319 e. The van der Waals surface area contributed by atoms with Crippen molar-refractivity contribution in [1.29, 1.82) is 0 Å². The SMILES string of the molecule is CNCC(C)(CN1CCCC1(C)C)c1ccccc1. The third-order valence-electron chi connectivity index (χ3n) is 4.65. The van der Waals surface area contributed by atoms with Crippen molar-refractivity contribution in [2.24, 2.45) is 0 Å². The van der Waals surface area contributed by atoms with Gasteiger partial charge in [0, 0.05) is 24.0 Å². The van der Waals surface area contributed by atoms with Crippen LogP contribution in [0.4, 0.5) is 0 Å². The van der Waals surface area contributed by atoms with Gasteiger partial charge in [-0.25, -0.2) is 0 Å². The van der Waals surface area contributed by atoms with Crippen LogP contribution in [0.25, 0.3) is 0 Å². The number of rotatable bonds is 5. The van der Waals surface area contributed by atoms with Gasteiger partial charge in [0.15, 0.2) is 0 Å². The van der Waals surface area contributed by atoms with E-state index in [9.17, 15) is 0 Å². The Hall–Kier alpha value is -0.860. The molecular weight excluding hydrogens is 232 g/mol. The van der Waals surface area contributed by atoms with Crippen LogP contribution in [-0.2, 0) is 5.41 Å². The van der Waals surface area contributed by atoms with Gasteiger partial charge in [-0.2, -0.15) is 0 Å². The molecule has 1 aromatic carbocycles. The molecule has 1 aliphatic heterocycles. The fraction of sp³-hybridized carbons (Fsp3) is 0.647. The fourth-order valence-corrected chi connectivity index (χ4v) is 3.36. The van der Waals surface area contributed by atoms with Gasteiger partial charge in [-0.1, -0.05) is 37.3 Å². The van der Waals surface area contributed by atoms with Gasteiger partial charge in [0.25, 0.3) is 0 Å². The predicted octanol–water partition coefficient (Wildman–Crippen LogP) is 3.04. The topological polar surface area (TPSA) is 15.3 Å². The van der Waals surface area contributed by atoms with E-state index in [1.54, 1.807) is 0 Å². The Morgan fingerprint density at radius 1 is 1.26 bits per heavy atom. The maximum Gasteiger partial charge on any atom is 0.0177 e. The first-order chi connectivity index (χ1) is 8.98. The molecule has 1 aromatic rings. The van der Waals surface area contributed by atoms with E-state index >= 15 is 0 Å². The summed E-state index contributed by atoms with van der Waals surface area (Å²) in [6.45, 7) is 10.5. The number of hydrogen-bond acceptors (Lipinski definition) is 2. The largest absolute Gasteiger partial charge is 0.319 e. The molecule has 1 fully saturated rings. The second-order valence-corrected chi connectivity index (χ2v) is 6.79. The van der Waals surface area contributed by atoms with E-state index in [1.165, 1.54) is 24.9 Å². The quantitative estimate of drug-likeness (QED) is 0.875. The summed E-state index contributed by atoms with van der Waals surface area (Å²) in [6, 6.07) is 10.9. The van der Waals surface area contributed by atoms with Crippen LogP contribution in [0.1, 0.15) is 39.2 Å². The number of hydrogen-bond donors (Lipinski definition) is 1. The van der Waals surface area contributed by atoms with Crippen LogP contribution in [0.15, 0.2) is 30.3 Å². The van der Waals surface area contributed by atoms with Gasteiger partial charge in [0.2, 0.25) is 0 Å². The average molecular weight is 260 g/mol. The summed E-state index contributed by atoms with van der Waals surface area (Å²) in [5, 5.41) is 3.38. The van der Waals surface area contributed by atoms with E-state index in [4.69, 9.17) is 0 Å². The summed E-state index contributed by atoms with van der Waals surface area (Å²) >= 11 is 0. The molecule has 0 saturated carbocycles. The van der Waals surface area contributed by atoms with Crippen molar-refractivity contribution in [3.8, 4) is 0 Å². The molecule has 0 bridgehead atoms. The number of benzene rings is 1. The Bertz CT molecular complexity index is 399. The van der Waals surface area contributed by atoms with Gasteiger partial charge >= 0.3 is 0 Å². The number of nitrogens with one attached hydrogen (secondary N) is 1. The highest BCUT2D eigenvalue weighted by atomic mass is 15.2. The molecule has 0 amide bonds. The zero-order valence-electron chi connectivity index (χ0n) is 12.9. The monoisotopic (exact) mass is 260 g/mol. The Balaban J connectivity index is 2.20. The van der Waals surface area contributed by atoms with Gasteiger partial charge < -0.3 is 5.32 Å². The first-order valence-corrected chi connectivity index (χ1v) is 7.43. The normalized spacial score (nSPS) is 22.3. The number of nitrogens with zero attached hydrogens (tertiary/aromatic N) is 1. The summed E-state index contributed by atoms with van der Waals surface area (Å²) in [4.78, 5) is 2.66. The molecule has 2 heteroatoms. The Kier molecular flexibility index (Phi) is 4.32. The van der Waals surface area contributed by atoms with Crippen LogP contribution >= 0.6 is 0 Å². The third kappa shape index (κ3) is 3.18. The van der Waals surface area contributed by atoms with Crippen molar-refractivity contribution < 1.29 is 0 Å². The van der Waals surface area contributed by atoms with Crippen LogP contribution in [0.5, 0.6) is 0 Å². The van der Waals surface area contributed by atoms with Crippen molar-refractivity contribution in [3.63, 3.8) is 0 Å². The van der Waals surface area contributed by atoms with E-state index in [-0.39, 0.29) is 5.41 Å². The highest BCUT2D eigenvalue weighted by Gasteiger charge is 2.37. The lowest BCUT2D eigenvalue weighted by Gasteiger charge is -2.40. The molecule has 1 unspecified atom stereocenters. The van der Waals surface area contributed by atoms with E-state index in [1.807, 2.05) is 0 Å². The van der Waals surface area contributed by atoms with Crippen molar-refractivity contribution >= 4 is 0 Å². The second kappa shape index (κ2) is 5.64. The number of likely N-dealkylation sites (N-methyl/N-ethyl adjacent to an activating group) is 1. The van der Waals surface area contributed by atoms with Crippen LogP contribution < -0.4 is 5.32 Å². The molecule has 1 aliphatic rings. The van der Waals surface area contributed by atoms with Crippen molar-refractivity contribution in [2.45, 2.75) is 44.6 Å². The van der Waals surface area contributed by atoms with Gasteiger partial charge in [0.1, 0.15) is 0 Å². The molecule has 2 rings (SSSR count). The molecule has 2 nitrogen and oxygen atoms in total. The van der Waals surface area contributed by atoms with Crippen LogP contribution in [0.2, 0.25) is 0 Å². The molecular formula is C17H28N2. The van der Waals surface area contributed by atoms with Crippen molar-refractivity contribution in [1.82, 2.24) is 10.2 Å². The van der Waals surface area contributed by atoms with E-state index < -0.39 is 0 Å². The highest BCUT2D eigenvalue weighted by Crippen LogP contribution is 2.33. The summed E-state index contributed by atoms with van der Waals surface area (Å²) in [7, 11) is 2.05. The molecule has 0 aliphatic carbocycles. The van der Waals surface area contributed by atoms with Gasteiger partial charge in [-0.05, 0) is 45.8 Å². The first-order valence-electron chi connectivity index (χ1n) is 7.43. The predicted molar refractivity (Wildman–Crippen MR) is 82.6 cm³/mol. The zero-order chi connectivity index (χ0) is 13.9. The third-order valence-corrected chi connectivity index (χ3v) is 4.65. The highest BCUT2D eigenvalue weighted by molar-refractivity contribution is 5.26. The molecule has 1 heterocycles. The van der Waals surface area contributed by atoms with Gasteiger partial charge in [-0.3, -0.25) is 4.90 Å².